The fourth-order valence-corrected chi connectivity index (χ4v) is 6.92. The Balaban J connectivity index is 1.39. The summed E-state index contributed by atoms with van der Waals surface area (Å²) >= 11 is 3.48. The Morgan fingerprint density at radius 3 is 2.43 bits per heavy atom. The lowest BCUT2D eigenvalue weighted by Crippen LogP contribution is -2.55. The second-order valence-electron chi connectivity index (χ2n) is 13.5. The Labute approximate surface area is 314 Å². The van der Waals surface area contributed by atoms with Crippen LogP contribution in [0, 0.1) is 0 Å². The minimum absolute atomic E-state index is 0.180. The molecule has 3 aromatic rings. The van der Waals surface area contributed by atoms with Crippen molar-refractivity contribution >= 4 is 66.0 Å². The number of aliphatic hydroxyl groups excluding tert-OH is 3. The number of rotatable bonds is 12. The fraction of sp³-hybridized carbons (Fsp3) is 0.343. The zero-order chi connectivity index (χ0) is 38.6. The molecule has 0 radical (unpaired) electrons. The normalized spacial score (nSPS) is 17.7. The lowest BCUT2D eigenvalue weighted by Gasteiger charge is -2.30. The minimum Gasteiger partial charge on any atom is -0.508 e. The third-order valence-corrected chi connectivity index (χ3v) is 9.61. The van der Waals surface area contributed by atoms with Crippen molar-refractivity contribution in [3.05, 3.63) is 87.4 Å². The van der Waals surface area contributed by atoms with E-state index in [1.54, 1.807) is 30.3 Å². The van der Waals surface area contributed by atoms with Crippen molar-refractivity contribution in [2.45, 2.75) is 56.8 Å². The Hall–Kier alpha value is -4.69. The maximum atomic E-state index is 13.5. The number of para-hydroxylation sites is 1. The summed E-state index contributed by atoms with van der Waals surface area (Å²) in [5.41, 5.74) is 1.50. The molecule has 5 atom stereocenters. The van der Waals surface area contributed by atoms with Gasteiger partial charge in [-0.25, -0.2) is 4.99 Å². The molecule has 5 unspecified atom stereocenters. The molecule has 3 aromatic carbocycles. The monoisotopic (exact) mass is 813 g/mol. The molecule has 53 heavy (non-hydrogen) atoms. The van der Waals surface area contributed by atoms with Gasteiger partial charge in [0.15, 0.2) is 12.2 Å². The number of carbonyl (C=O) groups is 2. The molecule has 282 valence electrons. The molecule has 16 nitrogen and oxygen atoms in total. The van der Waals surface area contributed by atoms with Gasteiger partial charge in [0.1, 0.15) is 28.6 Å². The number of nitrogens with zero attached hydrogens (tertiary/aromatic N) is 2. The summed E-state index contributed by atoms with van der Waals surface area (Å²) in [4.78, 5) is 34.5. The van der Waals surface area contributed by atoms with E-state index in [0.29, 0.717) is 21.7 Å². The smallest absolute Gasteiger partial charge is 0.323 e. The molecule has 2 aliphatic rings. The number of fused-ring (bicyclic) bond motifs is 1. The molecule has 1 amide bonds. The van der Waals surface area contributed by atoms with Crippen molar-refractivity contribution in [3.8, 4) is 5.75 Å². The topological polar surface area (TPSA) is 254 Å². The molecule has 18 heteroatoms. The van der Waals surface area contributed by atoms with Crippen molar-refractivity contribution in [2.75, 3.05) is 25.0 Å². The van der Waals surface area contributed by atoms with Crippen LogP contribution in [0.1, 0.15) is 55.3 Å². The number of aliphatic imine (C=N–C) groups is 2. The molecule has 0 saturated heterocycles. The first-order valence-corrected chi connectivity index (χ1v) is 18.3. The van der Waals surface area contributed by atoms with Gasteiger partial charge in [0.2, 0.25) is 16.2 Å². The molecule has 10 N–H and O–H groups in total. The predicted octanol–water partition coefficient (Wildman–Crippen LogP) is 1.17. The van der Waals surface area contributed by atoms with Crippen LogP contribution in [0.4, 0.5) is 11.4 Å². The average Bonchev–Trinajstić information content (AvgIpc) is 3.49. The summed E-state index contributed by atoms with van der Waals surface area (Å²) < 4.78 is 25.1. The number of guanidine groups is 1. The number of anilines is 1. The average molecular weight is 815 g/mol. The van der Waals surface area contributed by atoms with Crippen LogP contribution in [0.15, 0.2) is 75.1 Å². The van der Waals surface area contributed by atoms with E-state index in [1.807, 2.05) is 26.8 Å². The SMILES string of the molecule is CC(C)(C)c1cc(Br)cc(C(NC(=O)CNC(O)c2cc(O)cc(NC3=NCC(O)CN3)c2)C(NC(O)C2=Nc3ccccc3C2=S(=O)=O)C(=O)O)c1. The molecule has 0 saturated carbocycles. The highest BCUT2D eigenvalue weighted by atomic mass is 79.9. The summed E-state index contributed by atoms with van der Waals surface area (Å²) in [5.74, 6) is -2.06. The highest BCUT2D eigenvalue weighted by Crippen LogP contribution is 2.32. The van der Waals surface area contributed by atoms with E-state index in [9.17, 15) is 43.5 Å². The molecular weight excluding hydrogens is 774 g/mol. The van der Waals surface area contributed by atoms with E-state index in [4.69, 9.17) is 0 Å². The van der Waals surface area contributed by atoms with Crippen LogP contribution in [0.5, 0.6) is 5.75 Å². The van der Waals surface area contributed by atoms with E-state index in [0.717, 1.165) is 5.56 Å². The lowest BCUT2D eigenvalue weighted by molar-refractivity contribution is -0.141. The largest absolute Gasteiger partial charge is 0.508 e. The standard InChI is InChI=1S/C35H40BrN7O9S/c1-35(2,3)19-8-17(9-20(36)12-19)27(28(33(49)50)43-32(48)29-30(53(51)52)24-6-4-5-7-25(24)41-29)42-26(46)16-37-31(47)18-10-21(13-22(44)11-18)40-34-38-14-23(45)15-39-34/h4-13,23,27-28,31-32,37,43-45,47-48H,14-16H2,1-3H3,(H,42,46)(H,49,50)(H2,38,39,40). The maximum absolute atomic E-state index is 13.5. The number of aliphatic hydroxyl groups is 3. The van der Waals surface area contributed by atoms with Gasteiger partial charge in [-0.3, -0.25) is 25.2 Å². The first-order chi connectivity index (χ1) is 25.0. The number of aromatic hydroxyl groups is 1. The highest BCUT2D eigenvalue weighted by molar-refractivity contribution is 9.10. The van der Waals surface area contributed by atoms with Crippen molar-refractivity contribution in [1.82, 2.24) is 21.3 Å². The van der Waals surface area contributed by atoms with Crippen molar-refractivity contribution in [1.29, 1.82) is 0 Å². The van der Waals surface area contributed by atoms with Gasteiger partial charge in [-0.05, 0) is 46.9 Å². The van der Waals surface area contributed by atoms with Crippen molar-refractivity contribution in [2.24, 2.45) is 9.98 Å². The number of halogens is 1. The summed E-state index contributed by atoms with van der Waals surface area (Å²) in [7, 11) is -2.84. The number of β-amino-alcohol motifs (C(OH)–C–C–N with tert-alkyl or cyclic N) is 1. The zero-order valence-corrected chi connectivity index (χ0v) is 31.2. The zero-order valence-electron chi connectivity index (χ0n) is 28.8. The van der Waals surface area contributed by atoms with Crippen molar-refractivity contribution < 1.29 is 43.5 Å². The first-order valence-electron chi connectivity index (χ1n) is 16.4. The Morgan fingerprint density at radius 2 is 1.77 bits per heavy atom. The van der Waals surface area contributed by atoms with Crippen LogP contribution in [-0.2, 0) is 25.3 Å². The van der Waals surface area contributed by atoms with E-state index in [-0.39, 0.29) is 46.2 Å². The van der Waals surface area contributed by atoms with Gasteiger partial charge in [0, 0.05) is 33.9 Å². The number of carboxylic acid groups (broad SMARTS) is 1. The van der Waals surface area contributed by atoms with Crippen molar-refractivity contribution in [3.63, 3.8) is 0 Å². The number of nitrogens with one attached hydrogen (secondary N) is 5. The number of phenolic OH excluding ortho intramolecular Hbond substituents is 1. The molecule has 0 fully saturated rings. The second kappa shape index (κ2) is 16.5. The third kappa shape index (κ3) is 9.85. The Morgan fingerprint density at radius 1 is 1.04 bits per heavy atom. The maximum Gasteiger partial charge on any atom is 0.323 e. The number of hydrogen-bond acceptors (Lipinski definition) is 14. The van der Waals surface area contributed by atoms with Crippen LogP contribution in [0.3, 0.4) is 0 Å². The number of hydrogen-bond donors (Lipinski definition) is 10. The number of amides is 1. The molecule has 2 heterocycles. The highest BCUT2D eigenvalue weighted by Gasteiger charge is 2.37. The van der Waals surface area contributed by atoms with Gasteiger partial charge >= 0.3 is 5.97 Å². The second-order valence-corrected chi connectivity index (χ2v) is 15.3. The molecule has 0 bridgehead atoms. The lowest BCUT2D eigenvalue weighted by atomic mass is 9.84. The first kappa shape index (κ1) is 39.5. The van der Waals surface area contributed by atoms with Gasteiger partial charge in [-0.1, -0.05) is 61.0 Å². The van der Waals surface area contributed by atoms with Gasteiger partial charge in [0.05, 0.1) is 30.9 Å². The van der Waals surface area contributed by atoms with Crippen LogP contribution in [0.2, 0.25) is 0 Å². The van der Waals surface area contributed by atoms with Gasteiger partial charge < -0.3 is 41.5 Å². The number of carboxylic acids is 1. The fourth-order valence-electron chi connectivity index (χ4n) is 5.73. The summed E-state index contributed by atoms with van der Waals surface area (Å²) in [6.07, 6.45) is -3.99. The Kier molecular flexibility index (Phi) is 12.3. The predicted molar refractivity (Wildman–Crippen MR) is 202 cm³/mol. The number of carbonyl (C=O) groups excluding carboxylic acids is 1. The molecule has 0 aliphatic carbocycles. The molecular formula is C35H40BrN7O9S. The molecule has 5 rings (SSSR count). The van der Waals surface area contributed by atoms with Crippen LogP contribution < -0.4 is 26.6 Å². The summed E-state index contributed by atoms with van der Waals surface area (Å²) in [6, 6.07) is 12.6. The van der Waals surface area contributed by atoms with Crippen LogP contribution in [0.25, 0.3) is 0 Å². The summed E-state index contributed by atoms with van der Waals surface area (Å²) in [5, 5.41) is 66.4. The number of benzene rings is 3. The Bertz CT molecular complexity index is 2090. The van der Waals surface area contributed by atoms with Gasteiger partial charge in [-0.15, -0.1) is 0 Å². The minimum atomic E-state index is -2.84. The number of phenols is 1. The van der Waals surface area contributed by atoms with Crippen LogP contribution >= 0.6 is 15.9 Å². The molecule has 0 aromatic heterocycles. The molecule has 0 spiro atoms. The quantitative estimate of drug-likeness (QED) is 0.0912. The van der Waals surface area contributed by atoms with Crippen LogP contribution in [-0.4, -0.2) is 100 Å². The van der Waals surface area contributed by atoms with E-state index in [2.05, 4.69) is 52.5 Å². The van der Waals surface area contributed by atoms with E-state index < -0.39 is 64.8 Å². The van der Waals surface area contributed by atoms with E-state index >= 15 is 0 Å². The van der Waals surface area contributed by atoms with Gasteiger partial charge in [0.25, 0.3) is 0 Å². The summed E-state index contributed by atoms with van der Waals surface area (Å²) in [6.45, 7) is 5.80. The number of aliphatic carboxylic acids is 1. The van der Waals surface area contributed by atoms with Gasteiger partial charge in [-0.2, -0.15) is 8.42 Å². The third-order valence-electron chi connectivity index (χ3n) is 8.39. The van der Waals surface area contributed by atoms with E-state index in [1.165, 1.54) is 24.3 Å². The molecule has 2 aliphatic heterocycles.